The molecule has 0 aliphatic heterocycles. The summed E-state index contributed by atoms with van der Waals surface area (Å²) < 4.78 is 5.08. The van der Waals surface area contributed by atoms with Crippen LogP contribution in [0, 0.1) is 0 Å². The Balaban J connectivity index is 2.64. The van der Waals surface area contributed by atoms with E-state index in [1.807, 2.05) is 0 Å². The number of methoxy groups -OCH3 is 1. The molecule has 0 aliphatic rings. The highest BCUT2D eigenvalue weighted by Crippen LogP contribution is 2.28. The lowest BCUT2D eigenvalue weighted by Gasteiger charge is -2.00. The number of imidazole rings is 1. The lowest BCUT2D eigenvalue weighted by atomic mass is 10.3. The van der Waals surface area contributed by atoms with Gasteiger partial charge in [-0.15, -0.1) is 0 Å². The average Bonchev–Trinajstić information content (AvgIpc) is 2.58. The van der Waals surface area contributed by atoms with Gasteiger partial charge in [0.05, 0.1) is 29.7 Å². The minimum Gasteiger partial charge on any atom is -0.495 e. The van der Waals surface area contributed by atoms with Crippen molar-refractivity contribution in [3.05, 3.63) is 23.0 Å². The molecular formula is C9H10ClN3O. The molecule has 3 N–H and O–H groups in total. The number of nitrogens with zero attached hydrogens (tertiary/aromatic N) is 1. The summed E-state index contributed by atoms with van der Waals surface area (Å²) in [6, 6.07) is 3.56. The number of benzene rings is 1. The Bertz CT molecular complexity index is 466. The summed E-state index contributed by atoms with van der Waals surface area (Å²) in [6.07, 6.45) is 0. The van der Waals surface area contributed by atoms with Crippen LogP contribution in [0.15, 0.2) is 12.1 Å². The molecule has 0 spiro atoms. The summed E-state index contributed by atoms with van der Waals surface area (Å²) in [5.41, 5.74) is 7.15. The Morgan fingerprint density at radius 3 is 3.00 bits per heavy atom. The second kappa shape index (κ2) is 3.48. The molecule has 0 amide bonds. The third kappa shape index (κ3) is 1.42. The SMILES string of the molecule is COc1cc2nc(CN)[nH]c2cc1Cl. The number of ether oxygens (including phenoxy) is 1. The summed E-state index contributed by atoms with van der Waals surface area (Å²) in [7, 11) is 1.57. The number of nitrogens with one attached hydrogen (secondary N) is 1. The van der Waals surface area contributed by atoms with Crippen molar-refractivity contribution in [1.82, 2.24) is 9.97 Å². The zero-order valence-corrected chi connectivity index (χ0v) is 8.43. The summed E-state index contributed by atoms with van der Waals surface area (Å²) in [5.74, 6) is 1.36. The van der Waals surface area contributed by atoms with Gasteiger partial charge in [0.15, 0.2) is 0 Å². The highest BCUT2D eigenvalue weighted by molar-refractivity contribution is 6.32. The maximum absolute atomic E-state index is 5.95. The molecule has 5 heteroatoms. The number of rotatable bonds is 2. The van der Waals surface area contributed by atoms with Crippen LogP contribution in [0.1, 0.15) is 5.82 Å². The molecule has 0 saturated carbocycles. The van der Waals surface area contributed by atoms with Gasteiger partial charge in [-0.25, -0.2) is 4.98 Å². The molecule has 0 fully saturated rings. The number of nitrogens with two attached hydrogens (primary N) is 1. The summed E-state index contributed by atoms with van der Waals surface area (Å²) >= 11 is 5.95. The van der Waals surface area contributed by atoms with E-state index in [-0.39, 0.29) is 0 Å². The van der Waals surface area contributed by atoms with Crippen molar-refractivity contribution in [3.63, 3.8) is 0 Å². The Kier molecular flexibility index (Phi) is 2.31. The first-order chi connectivity index (χ1) is 6.74. The van der Waals surface area contributed by atoms with Crippen LogP contribution in [0.3, 0.4) is 0 Å². The van der Waals surface area contributed by atoms with Gasteiger partial charge in [-0.3, -0.25) is 0 Å². The van der Waals surface area contributed by atoms with Crippen LogP contribution in [-0.4, -0.2) is 17.1 Å². The molecule has 74 valence electrons. The smallest absolute Gasteiger partial charge is 0.139 e. The molecular weight excluding hydrogens is 202 g/mol. The lowest BCUT2D eigenvalue weighted by Crippen LogP contribution is -1.97. The van der Waals surface area contributed by atoms with Crippen LogP contribution in [0.5, 0.6) is 5.75 Å². The fraction of sp³-hybridized carbons (Fsp3) is 0.222. The molecule has 2 rings (SSSR count). The number of hydrogen-bond donors (Lipinski definition) is 2. The van der Waals surface area contributed by atoms with Crippen molar-refractivity contribution in [2.75, 3.05) is 7.11 Å². The molecule has 0 radical (unpaired) electrons. The van der Waals surface area contributed by atoms with Gasteiger partial charge in [-0.05, 0) is 6.07 Å². The van der Waals surface area contributed by atoms with Crippen molar-refractivity contribution in [2.24, 2.45) is 5.73 Å². The number of fused-ring (bicyclic) bond motifs is 1. The van der Waals surface area contributed by atoms with Crippen molar-refractivity contribution in [3.8, 4) is 5.75 Å². The predicted molar refractivity (Wildman–Crippen MR) is 55.5 cm³/mol. The van der Waals surface area contributed by atoms with E-state index in [1.165, 1.54) is 0 Å². The molecule has 0 bridgehead atoms. The molecule has 0 atom stereocenters. The molecule has 14 heavy (non-hydrogen) atoms. The maximum atomic E-state index is 5.95. The minimum absolute atomic E-state index is 0.384. The van der Waals surface area contributed by atoms with Gasteiger partial charge in [0, 0.05) is 6.07 Å². The Morgan fingerprint density at radius 2 is 2.36 bits per heavy atom. The van der Waals surface area contributed by atoms with Gasteiger partial charge in [0.25, 0.3) is 0 Å². The Labute approximate surface area is 86.0 Å². The zero-order valence-electron chi connectivity index (χ0n) is 7.67. The van der Waals surface area contributed by atoms with Crippen LogP contribution < -0.4 is 10.5 Å². The fourth-order valence-electron chi connectivity index (χ4n) is 1.32. The van der Waals surface area contributed by atoms with Crippen LogP contribution in [0.25, 0.3) is 11.0 Å². The van der Waals surface area contributed by atoms with Crippen molar-refractivity contribution >= 4 is 22.6 Å². The number of H-pyrrole nitrogens is 1. The molecule has 1 aromatic heterocycles. The predicted octanol–water partition coefficient (Wildman–Crippen LogP) is 1.68. The lowest BCUT2D eigenvalue weighted by molar-refractivity contribution is 0.415. The largest absolute Gasteiger partial charge is 0.495 e. The fourth-order valence-corrected chi connectivity index (χ4v) is 1.56. The molecule has 0 saturated heterocycles. The van der Waals surface area contributed by atoms with Gasteiger partial charge in [-0.2, -0.15) is 0 Å². The van der Waals surface area contributed by atoms with Crippen LogP contribution in [0.2, 0.25) is 5.02 Å². The number of aromatic amines is 1. The third-order valence-corrected chi connectivity index (χ3v) is 2.29. The van der Waals surface area contributed by atoms with E-state index in [9.17, 15) is 0 Å². The molecule has 4 nitrogen and oxygen atoms in total. The monoisotopic (exact) mass is 211 g/mol. The normalized spacial score (nSPS) is 10.8. The van der Waals surface area contributed by atoms with Crippen LogP contribution in [-0.2, 0) is 6.54 Å². The Morgan fingerprint density at radius 1 is 1.57 bits per heavy atom. The number of aromatic nitrogens is 2. The molecule has 1 aromatic carbocycles. The van der Waals surface area contributed by atoms with E-state index in [0.717, 1.165) is 16.9 Å². The minimum atomic E-state index is 0.384. The van der Waals surface area contributed by atoms with Crippen molar-refractivity contribution < 1.29 is 4.74 Å². The quantitative estimate of drug-likeness (QED) is 0.795. The Hall–Kier alpha value is -1.26. The van der Waals surface area contributed by atoms with Crippen LogP contribution in [0.4, 0.5) is 0 Å². The van der Waals surface area contributed by atoms with E-state index in [2.05, 4.69) is 9.97 Å². The first-order valence-electron chi connectivity index (χ1n) is 4.17. The highest BCUT2D eigenvalue weighted by atomic mass is 35.5. The summed E-state index contributed by atoms with van der Waals surface area (Å²) in [5, 5.41) is 0.562. The maximum Gasteiger partial charge on any atom is 0.139 e. The van der Waals surface area contributed by atoms with Gasteiger partial charge >= 0.3 is 0 Å². The molecule has 0 aliphatic carbocycles. The van der Waals surface area contributed by atoms with Gasteiger partial charge < -0.3 is 15.5 Å². The third-order valence-electron chi connectivity index (χ3n) is 2.00. The number of halogens is 1. The van der Waals surface area contributed by atoms with E-state index in [0.29, 0.717) is 17.3 Å². The standard InChI is InChI=1S/C9H10ClN3O/c1-14-8-3-7-6(2-5(8)10)12-9(4-11)13-7/h2-3H,4,11H2,1H3,(H,12,13). The summed E-state index contributed by atoms with van der Waals surface area (Å²) in [4.78, 5) is 7.32. The van der Waals surface area contributed by atoms with Gasteiger partial charge in [0.2, 0.25) is 0 Å². The second-order valence-corrected chi connectivity index (χ2v) is 3.30. The molecule has 2 aromatic rings. The molecule has 1 heterocycles. The van der Waals surface area contributed by atoms with E-state index < -0.39 is 0 Å². The topological polar surface area (TPSA) is 63.9 Å². The van der Waals surface area contributed by atoms with Crippen molar-refractivity contribution in [2.45, 2.75) is 6.54 Å². The zero-order chi connectivity index (χ0) is 10.1. The average molecular weight is 212 g/mol. The van der Waals surface area contributed by atoms with E-state index in [1.54, 1.807) is 19.2 Å². The van der Waals surface area contributed by atoms with Gasteiger partial charge in [0.1, 0.15) is 11.6 Å². The number of hydrogen-bond acceptors (Lipinski definition) is 3. The van der Waals surface area contributed by atoms with E-state index in [4.69, 9.17) is 22.1 Å². The highest BCUT2D eigenvalue weighted by Gasteiger charge is 2.06. The first-order valence-corrected chi connectivity index (χ1v) is 4.54. The second-order valence-electron chi connectivity index (χ2n) is 2.89. The first kappa shape index (κ1) is 9.30. The van der Waals surface area contributed by atoms with Gasteiger partial charge in [-0.1, -0.05) is 11.6 Å². The van der Waals surface area contributed by atoms with E-state index >= 15 is 0 Å². The van der Waals surface area contributed by atoms with Crippen LogP contribution >= 0.6 is 11.6 Å². The van der Waals surface area contributed by atoms with Crippen molar-refractivity contribution in [1.29, 1.82) is 0 Å². The summed E-state index contributed by atoms with van der Waals surface area (Å²) in [6.45, 7) is 0.384. The molecule has 0 unspecified atom stereocenters.